The highest BCUT2D eigenvalue weighted by Gasteiger charge is 2.24. The van der Waals surface area contributed by atoms with Crippen molar-refractivity contribution in [3.63, 3.8) is 0 Å². The van der Waals surface area contributed by atoms with Crippen molar-refractivity contribution in [2.24, 2.45) is 0 Å². The number of hydrogen-bond donors (Lipinski definition) is 2. The summed E-state index contributed by atoms with van der Waals surface area (Å²) in [5.41, 5.74) is 3.53. The number of ether oxygens (including phenoxy) is 3. The van der Waals surface area contributed by atoms with Crippen LogP contribution in [-0.4, -0.2) is 52.8 Å². The molecule has 5 rings (SSSR count). The fraction of sp³-hybridized carbons (Fsp3) is 0.333. The Kier molecular flexibility index (Phi) is 6.56. The fourth-order valence-electron chi connectivity index (χ4n) is 4.25. The first-order valence-corrected chi connectivity index (χ1v) is 12.1. The summed E-state index contributed by atoms with van der Waals surface area (Å²) in [5, 5.41) is 6.35. The Morgan fingerprint density at radius 1 is 1.00 bits per heavy atom. The maximum atomic E-state index is 12.4. The molecule has 4 aromatic rings. The number of aromatic nitrogens is 4. The van der Waals surface area contributed by atoms with Crippen molar-refractivity contribution in [1.29, 1.82) is 0 Å². The van der Waals surface area contributed by atoms with E-state index in [9.17, 15) is 4.79 Å². The number of hydrogen-bond acceptors (Lipinski definition) is 8. The van der Waals surface area contributed by atoms with Gasteiger partial charge in [-0.15, -0.1) is 0 Å². The van der Waals surface area contributed by atoms with E-state index in [0.717, 1.165) is 24.2 Å². The van der Waals surface area contributed by atoms with Crippen LogP contribution in [0.4, 0.5) is 11.5 Å². The summed E-state index contributed by atoms with van der Waals surface area (Å²) >= 11 is 0. The van der Waals surface area contributed by atoms with E-state index in [-0.39, 0.29) is 11.9 Å². The number of nitrogens with zero attached hydrogens (tertiary/aromatic N) is 4. The highest BCUT2D eigenvalue weighted by molar-refractivity contribution is 5.95. The summed E-state index contributed by atoms with van der Waals surface area (Å²) in [7, 11) is 4.70. The molecule has 2 aromatic carbocycles. The SMILES string of the molecule is COc1cc(Nc2ncnc3c2nc(-c2ccc(C(=O)NC4CC4)cc2)n3C(C)C)cc(OC)c1OC. The molecule has 0 saturated heterocycles. The van der Waals surface area contributed by atoms with Gasteiger partial charge in [0.25, 0.3) is 5.91 Å². The molecule has 0 radical (unpaired) electrons. The first kappa shape index (κ1) is 24.4. The summed E-state index contributed by atoms with van der Waals surface area (Å²) in [6.07, 6.45) is 3.61. The Hall–Kier alpha value is -4.34. The van der Waals surface area contributed by atoms with E-state index in [4.69, 9.17) is 19.2 Å². The van der Waals surface area contributed by atoms with Crippen molar-refractivity contribution >= 4 is 28.6 Å². The molecular weight excluding hydrogens is 472 g/mol. The molecule has 1 amide bonds. The minimum atomic E-state index is -0.0471. The highest BCUT2D eigenvalue weighted by Crippen LogP contribution is 2.41. The Balaban J connectivity index is 1.54. The van der Waals surface area contributed by atoms with Gasteiger partial charge in [0.15, 0.2) is 28.5 Å². The number of benzene rings is 2. The molecule has 2 N–H and O–H groups in total. The number of fused-ring (bicyclic) bond motifs is 1. The largest absolute Gasteiger partial charge is 0.493 e. The van der Waals surface area contributed by atoms with E-state index in [1.165, 1.54) is 6.33 Å². The van der Waals surface area contributed by atoms with Gasteiger partial charge in [0, 0.05) is 41.0 Å². The molecule has 192 valence electrons. The smallest absolute Gasteiger partial charge is 0.251 e. The van der Waals surface area contributed by atoms with Crippen LogP contribution in [0.15, 0.2) is 42.7 Å². The van der Waals surface area contributed by atoms with Gasteiger partial charge in [0.2, 0.25) is 5.75 Å². The lowest BCUT2D eigenvalue weighted by Gasteiger charge is -2.15. The summed E-state index contributed by atoms with van der Waals surface area (Å²) < 4.78 is 18.5. The van der Waals surface area contributed by atoms with Gasteiger partial charge in [0.1, 0.15) is 12.2 Å². The first-order valence-electron chi connectivity index (χ1n) is 12.1. The van der Waals surface area contributed by atoms with Gasteiger partial charge in [0.05, 0.1) is 21.3 Å². The molecule has 1 aliphatic rings. The molecule has 0 bridgehead atoms. The molecule has 1 saturated carbocycles. The van der Waals surface area contributed by atoms with E-state index < -0.39 is 0 Å². The van der Waals surface area contributed by atoms with Gasteiger partial charge in [-0.2, -0.15) is 0 Å². The van der Waals surface area contributed by atoms with Gasteiger partial charge in [-0.05, 0) is 38.8 Å². The van der Waals surface area contributed by atoms with Crippen molar-refractivity contribution in [2.75, 3.05) is 26.6 Å². The Morgan fingerprint density at radius 2 is 1.68 bits per heavy atom. The molecule has 37 heavy (non-hydrogen) atoms. The lowest BCUT2D eigenvalue weighted by molar-refractivity contribution is 0.0951. The monoisotopic (exact) mass is 502 g/mol. The third-order valence-electron chi connectivity index (χ3n) is 6.24. The third kappa shape index (κ3) is 4.74. The van der Waals surface area contributed by atoms with Gasteiger partial charge >= 0.3 is 0 Å². The van der Waals surface area contributed by atoms with Crippen molar-refractivity contribution in [3.8, 4) is 28.6 Å². The van der Waals surface area contributed by atoms with E-state index in [0.29, 0.717) is 51.5 Å². The summed E-state index contributed by atoms with van der Waals surface area (Å²) in [5.74, 6) is 2.79. The van der Waals surface area contributed by atoms with Crippen LogP contribution < -0.4 is 24.8 Å². The van der Waals surface area contributed by atoms with Crippen LogP contribution in [0.2, 0.25) is 0 Å². The van der Waals surface area contributed by atoms with Gasteiger partial charge in [-0.25, -0.2) is 15.0 Å². The second-order valence-electron chi connectivity index (χ2n) is 9.16. The molecular formula is C27H30N6O4. The van der Waals surface area contributed by atoms with Crippen molar-refractivity contribution in [2.45, 2.75) is 38.8 Å². The Bertz CT molecular complexity index is 1420. The quantitative estimate of drug-likeness (QED) is 0.338. The number of carbonyl (C=O) groups excluding carboxylic acids is 1. The molecule has 10 heteroatoms. The summed E-state index contributed by atoms with van der Waals surface area (Å²) in [4.78, 5) is 26.4. The van der Waals surface area contributed by atoms with Crippen LogP contribution in [0.25, 0.3) is 22.6 Å². The van der Waals surface area contributed by atoms with E-state index in [1.54, 1.807) is 33.5 Å². The molecule has 2 aromatic heterocycles. The number of imidazole rings is 1. The lowest BCUT2D eigenvalue weighted by atomic mass is 10.1. The number of anilines is 2. The number of amides is 1. The van der Waals surface area contributed by atoms with Crippen LogP contribution in [-0.2, 0) is 0 Å². The Morgan fingerprint density at radius 3 is 2.24 bits per heavy atom. The molecule has 0 atom stereocenters. The number of carbonyl (C=O) groups is 1. The zero-order chi connectivity index (χ0) is 26.1. The van der Waals surface area contributed by atoms with Crippen molar-refractivity contribution < 1.29 is 19.0 Å². The van der Waals surface area contributed by atoms with Gasteiger partial charge in [-0.3, -0.25) is 4.79 Å². The number of nitrogens with one attached hydrogen (secondary N) is 2. The minimum absolute atomic E-state index is 0.0471. The Labute approximate surface area is 215 Å². The van der Waals surface area contributed by atoms with Crippen molar-refractivity contribution in [1.82, 2.24) is 24.8 Å². The zero-order valence-corrected chi connectivity index (χ0v) is 21.5. The first-order chi connectivity index (χ1) is 17.9. The minimum Gasteiger partial charge on any atom is -0.493 e. The second-order valence-corrected chi connectivity index (χ2v) is 9.16. The summed E-state index contributed by atoms with van der Waals surface area (Å²) in [6, 6.07) is 11.5. The van der Waals surface area contributed by atoms with E-state index in [2.05, 4.69) is 39.0 Å². The molecule has 2 heterocycles. The predicted octanol–water partition coefficient (Wildman–Crippen LogP) is 4.74. The molecule has 1 aliphatic carbocycles. The molecule has 10 nitrogen and oxygen atoms in total. The maximum Gasteiger partial charge on any atom is 0.251 e. The fourth-order valence-corrected chi connectivity index (χ4v) is 4.25. The zero-order valence-electron chi connectivity index (χ0n) is 21.5. The van der Waals surface area contributed by atoms with Gasteiger partial charge < -0.3 is 29.4 Å². The molecule has 0 aliphatic heterocycles. The van der Waals surface area contributed by atoms with Crippen LogP contribution in [0, 0.1) is 0 Å². The van der Waals surface area contributed by atoms with Crippen LogP contribution in [0.3, 0.4) is 0 Å². The van der Waals surface area contributed by atoms with E-state index in [1.807, 2.05) is 24.3 Å². The summed E-state index contributed by atoms with van der Waals surface area (Å²) in [6.45, 7) is 4.16. The average Bonchev–Trinajstić information content (AvgIpc) is 3.63. The topological polar surface area (TPSA) is 112 Å². The highest BCUT2D eigenvalue weighted by atomic mass is 16.5. The lowest BCUT2D eigenvalue weighted by Crippen LogP contribution is -2.25. The molecule has 0 spiro atoms. The van der Waals surface area contributed by atoms with Crippen LogP contribution >= 0.6 is 0 Å². The third-order valence-corrected chi connectivity index (χ3v) is 6.24. The normalized spacial score (nSPS) is 13.0. The number of rotatable bonds is 9. The second kappa shape index (κ2) is 9.96. The van der Waals surface area contributed by atoms with E-state index >= 15 is 0 Å². The predicted molar refractivity (Wildman–Crippen MR) is 141 cm³/mol. The average molecular weight is 503 g/mol. The van der Waals surface area contributed by atoms with Crippen molar-refractivity contribution in [3.05, 3.63) is 48.3 Å². The molecule has 1 fully saturated rings. The number of methoxy groups -OCH3 is 3. The standard InChI is InChI=1S/C27H30N6O4/c1-15(2)33-25(16-6-8-17(9-7-16)27(34)31-18-10-11-18)32-22-24(28-14-29-26(22)33)30-19-12-20(35-3)23(37-5)21(13-19)36-4/h6-9,12-15,18H,10-11H2,1-5H3,(H,31,34)(H,28,29,30). The van der Waals surface area contributed by atoms with Crippen LogP contribution in [0.1, 0.15) is 43.1 Å². The maximum absolute atomic E-state index is 12.4. The molecule has 0 unspecified atom stereocenters. The van der Waals surface area contributed by atoms with Crippen LogP contribution in [0.5, 0.6) is 17.2 Å². The van der Waals surface area contributed by atoms with Gasteiger partial charge in [-0.1, -0.05) is 12.1 Å².